The molecule has 0 radical (unpaired) electrons. The second kappa shape index (κ2) is 5.05. The maximum atomic E-state index is 13.5. The summed E-state index contributed by atoms with van der Waals surface area (Å²) in [6, 6.07) is 4.66. The SMILES string of the molecule is Cn1c(CCNC(=O)C(=O)O)nc2c(F)cccc21. The minimum absolute atomic E-state index is 0.129. The van der Waals surface area contributed by atoms with Crippen LogP contribution in [0.25, 0.3) is 11.0 Å². The van der Waals surface area contributed by atoms with Crippen molar-refractivity contribution in [2.24, 2.45) is 7.05 Å². The van der Waals surface area contributed by atoms with Crippen LogP contribution in [0.1, 0.15) is 5.82 Å². The van der Waals surface area contributed by atoms with Crippen LogP contribution >= 0.6 is 0 Å². The van der Waals surface area contributed by atoms with E-state index >= 15 is 0 Å². The highest BCUT2D eigenvalue weighted by Gasteiger charge is 2.13. The van der Waals surface area contributed by atoms with Gasteiger partial charge < -0.3 is 15.0 Å². The van der Waals surface area contributed by atoms with Crippen molar-refractivity contribution in [2.75, 3.05) is 6.54 Å². The van der Waals surface area contributed by atoms with Crippen molar-refractivity contribution in [1.29, 1.82) is 0 Å². The number of nitrogens with zero attached hydrogens (tertiary/aromatic N) is 2. The fraction of sp³-hybridized carbons (Fsp3) is 0.250. The number of imidazole rings is 1. The van der Waals surface area contributed by atoms with Crippen molar-refractivity contribution in [3.63, 3.8) is 0 Å². The van der Waals surface area contributed by atoms with Gasteiger partial charge in [0, 0.05) is 20.0 Å². The molecule has 1 amide bonds. The molecule has 6 nitrogen and oxygen atoms in total. The Hall–Kier alpha value is -2.44. The Balaban J connectivity index is 2.13. The Morgan fingerprint density at radius 1 is 1.47 bits per heavy atom. The van der Waals surface area contributed by atoms with Crippen LogP contribution in [-0.2, 0) is 23.1 Å². The fourth-order valence-corrected chi connectivity index (χ4v) is 1.82. The van der Waals surface area contributed by atoms with E-state index in [1.807, 2.05) is 0 Å². The molecular weight excluding hydrogens is 253 g/mol. The topological polar surface area (TPSA) is 84.2 Å². The van der Waals surface area contributed by atoms with Crippen molar-refractivity contribution in [2.45, 2.75) is 6.42 Å². The number of para-hydroxylation sites is 1. The number of fused-ring (bicyclic) bond motifs is 1. The Labute approximate surface area is 107 Å². The van der Waals surface area contributed by atoms with Gasteiger partial charge in [-0.25, -0.2) is 14.2 Å². The van der Waals surface area contributed by atoms with Crippen molar-refractivity contribution in [3.05, 3.63) is 29.8 Å². The van der Waals surface area contributed by atoms with Crippen LogP contribution < -0.4 is 5.32 Å². The van der Waals surface area contributed by atoms with Crippen LogP contribution in [0, 0.1) is 5.82 Å². The first-order chi connectivity index (χ1) is 9.00. The molecule has 0 unspecified atom stereocenters. The van der Waals surface area contributed by atoms with Gasteiger partial charge >= 0.3 is 11.9 Å². The van der Waals surface area contributed by atoms with Gasteiger partial charge in [-0.3, -0.25) is 4.79 Å². The lowest BCUT2D eigenvalue weighted by Gasteiger charge is -2.03. The highest BCUT2D eigenvalue weighted by molar-refractivity contribution is 6.31. The van der Waals surface area contributed by atoms with E-state index in [1.165, 1.54) is 6.07 Å². The second-order valence-corrected chi connectivity index (χ2v) is 4.01. The smallest absolute Gasteiger partial charge is 0.394 e. The van der Waals surface area contributed by atoms with E-state index in [9.17, 15) is 14.0 Å². The predicted molar refractivity (Wildman–Crippen MR) is 65.0 cm³/mol. The molecule has 2 aromatic rings. The standard InChI is InChI=1S/C12H12FN3O3/c1-16-8-4-2-3-7(13)10(8)15-9(16)5-6-14-11(17)12(18)19/h2-4H,5-6H2,1H3,(H,14,17)(H,18,19). The van der Waals surface area contributed by atoms with Crippen LogP contribution in [0.4, 0.5) is 4.39 Å². The van der Waals surface area contributed by atoms with Crippen molar-refractivity contribution in [3.8, 4) is 0 Å². The molecule has 1 aromatic carbocycles. The van der Waals surface area contributed by atoms with Crippen LogP contribution in [0.5, 0.6) is 0 Å². The average molecular weight is 265 g/mol. The van der Waals surface area contributed by atoms with Crippen LogP contribution in [0.15, 0.2) is 18.2 Å². The molecule has 2 rings (SSSR count). The molecule has 0 fully saturated rings. The lowest BCUT2D eigenvalue weighted by Crippen LogP contribution is -2.32. The summed E-state index contributed by atoms with van der Waals surface area (Å²) >= 11 is 0. The summed E-state index contributed by atoms with van der Waals surface area (Å²) in [7, 11) is 1.74. The number of carboxylic acids is 1. The third kappa shape index (κ3) is 2.54. The molecule has 0 aliphatic carbocycles. The number of rotatable bonds is 3. The molecule has 0 aliphatic rings. The highest BCUT2D eigenvalue weighted by Crippen LogP contribution is 2.17. The third-order valence-corrected chi connectivity index (χ3v) is 2.78. The van der Waals surface area contributed by atoms with E-state index < -0.39 is 17.7 Å². The maximum absolute atomic E-state index is 13.5. The zero-order valence-electron chi connectivity index (χ0n) is 10.2. The maximum Gasteiger partial charge on any atom is 0.394 e. The Morgan fingerprint density at radius 3 is 2.84 bits per heavy atom. The number of aryl methyl sites for hydroxylation is 1. The highest BCUT2D eigenvalue weighted by atomic mass is 19.1. The van der Waals surface area contributed by atoms with Crippen LogP contribution in [0.3, 0.4) is 0 Å². The lowest BCUT2D eigenvalue weighted by molar-refractivity contribution is -0.150. The number of nitrogens with one attached hydrogen (secondary N) is 1. The molecule has 0 bridgehead atoms. The monoisotopic (exact) mass is 265 g/mol. The Kier molecular flexibility index (Phi) is 3.46. The van der Waals surface area contributed by atoms with Gasteiger partial charge in [0.1, 0.15) is 11.3 Å². The minimum atomic E-state index is -1.53. The summed E-state index contributed by atoms with van der Waals surface area (Å²) in [4.78, 5) is 25.3. The molecule has 0 aliphatic heterocycles. The summed E-state index contributed by atoms with van der Waals surface area (Å²) in [5.74, 6) is -2.43. The van der Waals surface area contributed by atoms with E-state index in [0.29, 0.717) is 17.8 Å². The summed E-state index contributed by atoms with van der Waals surface area (Å²) in [6.45, 7) is 0.129. The summed E-state index contributed by atoms with van der Waals surface area (Å²) in [5, 5.41) is 10.6. The molecule has 1 heterocycles. The van der Waals surface area contributed by atoms with Crippen LogP contribution in [0.2, 0.25) is 0 Å². The number of hydrogen-bond acceptors (Lipinski definition) is 3. The van der Waals surface area contributed by atoms with E-state index in [4.69, 9.17) is 5.11 Å². The number of carbonyl (C=O) groups is 2. The van der Waals surface area contributed by atoms with Gasteiger partial charge in [0.25, 0.3) is 0 Å². The molecule has 2 N–H and O–H groups in total. The number of carboxylic acid groups (broad SMARTS) is 1. The van der Waals surface area contributed by atoms with Gasteiger partial charge in [-0.05, 0) is 12.1 Å². The summed E-state index contributed by atoms with van der Waals surface area (Å²) in [6.07, 6.45) is 0.323. The molecule has 19 heavy (non-hydrogen) atoms. The normalized spacial score (nSPS) is 10.6. The molecule has 0 saturated carbocycles. The molecule has 1 aromatic heterocycles. The van der Waals surface area contributed by atoms with Gasteiger partial charge in [0.05, 0.1) is 5.52 Å². The minimum Gasteiger partial charge on any atom is -0.474 e. The first-order valence-electron chi connectivity index (χ1n) is 5.61. The van der Waals surface area contributed by atoms with E-state index in [0.717, 1.165) is 0 Å². The number of halogens is 1. The Bertz CT molecular complexity index is 651. The van der Waals surface area contributed by atoms with Gasteiger partial charge in [0.2, 0.25) is 0 Å². The molecular formula is C12H12FN3O3. The number of amides is 1. The number of hydrogen-bond donors (Lipinski definition) is 2. The number of carbonyl (C=O) groups excluding carboxylic acids is 1. The first-order valence-corrected chi connectivity index (χ1v) is 5.61. The average Bonchev–Trinajstić information content (AvgIpc) is 2.68. The largest absolute Gasteiger partial charge is 0.474 e. The number of aromatic nitrogens is 2. The van der Waals surface area contributed by atoms with Crippen molar-refractivity contribution in [1.82, 2.24) is 14.9 Å². The summed E-state index contributed by atoms with van der Waals surface area (Å²) < 4.78 is 15.2. The Morgan fingerprint density at radius 2 is 2.21 bits per heavy atom. The number of aliphatic carboxylic acids is 1. The van der Waals surface area contributed by atoms with Gasteiger partial charge in [0.15, 0.2) is 5.82 Å². The summed E-state index contributed by atoms with van der Waals surface area (Å²) in [5.41, 5.74) is 0.920. The predicted octanol–water partition coefficient (Wildman–Crippen LogP) is 0.456. The first kappa shape index (κ1) is 13.0. The molecule has 100 valence electrons. The van der Waals surface area contributed by atoms with E-state index in [2.05, 4.69) is 10.3 Å². The van der Waals surface area contributed by atoms with Gasteiger partial charge in [-0.15, -0.1) is 0 Å². The van der Waals surface area contributed by atoms with Gasteiger partial charge in [-0.1, -0.05) is 6.07 Å². The molecule has 0 spiro atoms. The molecule has 7 heteroatoms. The van der Waals surface area contributed by atoms with Crippen molar-refractivity contribution >= 4 is 22.9 Å². The lowest BCUT2D eigenvalue weighted by atomic mass is 10.3. The number of benzene rings is 1. The molecule has 0 saturated heterocycles. The van der Waals surface area contributed by atoms with Crippen LogP contribution in [-0.4, -0.2) is 33.1 Å². The zero-order valence-corrected chi connectivity index (χ0v) is 10.2. The van der Waals surface area contributed by atoms with E-state index in [-0.39, 0.29) is 12.1 Å². The fourth-order valence-electron chi connectivity index (χ4n) is 1.82. The van der Waals surface area contributed by atoms with Gasteiger partial charge in [-0.2, -0.15) is 0 Å². The zero-order chi connectivity index (χ0) is 14.0. The quantitative estimate of drug-likeness (QED) is 0.789. The van der Waals surface area contributed by atoms with E-state index in [1.54, 1.807) is 23.7 Å². The molecule has 0 atom stereocenters. The van der Waals surface area contributed by atoms with Crippen molar-refractivity contribution < 1.29 is 19.1 Å². The second-order valence-electron chi connectivity index (χ2n) is 4.01. The third-order valence-electron chi connectivity index (χ3n) is 2.78.